The Morgan fingerprint density at radius 2 is 1.97 bits per heavy atom. The molecule has 8 nitrogen and oxygen atoms in total. The zero-order chi connectivity index (χ0) is 21.8. The van der Waals surface area contributed by atoms with E-state index in [0.29, 0.717) is 41.3 Å². The topological polar surface area (TPSA) is 106 Å². The average Bonchev–Trinajstić information content (AvgIpc) is 3.46. The van der Waals surface area contributed by atoms with Gasteiger partial charge in [0.15, 0.2) is 0 Å². The molecule has 0 spiro atoms. The normalized spacial score (nSPS) is 15.1. The Morgan fingerprint density at radius 3 is 2.65 bits per heavy atom. The van der Waals surface area contributed by atoms with Crippen molar-refractivity contribution < 1.29 is 23.5 Å². The molecule has 0 aliphatic carbocycles. The monoisotopic (exact) mass is 441 g/mol. The molecule has 1 aliphatic heterocycles. The van der Waals surface area contributed by atoms with Crippen molar-refractivity contribution in [2.75, 3.05) is 26.0 Å². The maximum Gasteiger partial charge on any atom is 0.233 e. The van der Waals surface area contributed by atoms with Crippen LogP contribution in [-0.4, -0.2) is 57.3 Å². The third-order valence-electron chi connectivity index (χ3n) is 4.53. The maximum atomic E-state index is 11.5. The van der Waals surface area contributed by atoms with E-state index in [-0.39, 0.29) is 12.7 Å². The number of hydrogen-bond acceptors (Lipinski definition) is 7. The van der Waals surface area contributed by atoms with Gasteiger partial charge in [-0.25, -0.2) is 9.98 Å². The smallest absolute Gasteiger partial charge is 0.233 e. The number of pyridine rings is 1. The molecule has 0 amide bonds. The molecule has 1 unspecified atom stereocenters. The van der Waals surface area contributed by atoms with Crippen molar-refractivity contribution in [2.45, 2.75) is 18.1 Å². The molecule has 0 saturated heterocycles. The van der Waals surface area contributed by atoms with Crippen LogP contribution in [0.25, 0.3) is 11.3 Å². The van der Waals surface area contributed by atoms with E-state index in [2.05, 4.69) is 15.0 Å². The van der Waals surface area contributed by atoms with Crippen LogP contribution >= 0.6 is 0 Å². The number of aliphatic hydroxyl groups excluding tert-OH is 1. The van der Waals surface area contributed by atoms with Crippen molar-refractivity contribution in [1.29, 1.82) is 0 Å². The highest BCUT2D eigenvalue weighted by Crippen LogP contribution is 2.33. The van der Waals surface area contributed by atoms with Crippen LogP contribution in [0.3, 0.4) is 0 Å². The molecule has 9 heteroatoms. The highest BCUT2D eigenvalue weighted by atomic mass is 32.2. The minimum atomic E-state index is -1.16. The molecule has 3 heterocycles. The molecule has 0 radical (unpaired) electrons. The fourth-order valence-electron chi connectivity index (χ4n) is 3.04. The summed E-state index contributed by atoms with van der Waals surface area (Å²) in [6, 6.07) is 12.7. The number of aromatic nitrogens is 2. The largest absolute Gasteiger partial charge is 0.488 e. The third-order valence-corrected chi connectivity index (χ3v) is 5.36. The molecule has 3 aromatic rings. The highest BCUT2D eigenvalue weighted by Gasteiger charge is 2.15. The van der Waals surface area contributed by atoms with E-state index in [1.54, 1.807) is 31.4 Å². The minimum Gasteiger partial charge on any atom is -0.488 e. The second-order valence-electron chi connectivity index (χ2n) is 7.01. The number of ether oxygens (including phenoxy) is 3. The van der Waals surface area contributed by atoms with Crippen molar-refractivity contribution in [3.05, 3.63) is 54.4 Å². The van der Waals surface area contributed by atoms with Gasteiger partial charge in [-0.2, -0.15) is 0 Å². The Balaban J connectivity index is 1.64. The van der Waals surface area contributed by atoms with Gasteiger partial charge in [0.05, 0.1) is 30.1 Å². The number of aromatic amines is 1. The Bertz CT molecular complexity index is 1110. The fraction of sp³-hybridized carbons (Fsp3) is 0.273. The lowest BCUT2D eigenvalue weighted by molar-refractivity contribution is 0.129. The van der Waals surface area contributed by atoms with E-state index in [0.717, 1.165) is 17.0 Å². The number of aliphatic imine (C=N–C) groups is 1. The van der Waals surface area contributed by atoms with Gasteiger partial charge in [-0.3, -0.25) is 4.21 Å². The first-order chi connectivity index (χ1) is 15.0. The van der Waals surface area contributed by atoms with Gasteiger partial charge in [-0.15, -0.1) is 0 Å². The first-order valence-corrected chi connectivity index (χ1v) is 11.3. The second kappa shape index (κ2) is 9.32. The van der Waals surface area contributed by atoms with E-state index in [4.69, 9.17) is 14.2 Å². The van der Waals surface area contributed by atoms with Crippen molar-refractivity contribution in [2.24, 2.45) is 4.99 Å². The quantitative estimate of drug-likeness (QED) is 0.556. The van der Waals surface area contributed by atoms with Crippen molar-refractivity contribution in [1.82, 2.24) is 9.97 Å². The summed E-state index contributed by atoms with van der Waals surface area (Å²) in [7, 11) is -1.16. The van der Waals surface area contributed by atoms with Gasteiger partial charge in [0.2, 0.25) is 5.90 Å². The van der Waals surface area contributed by atoms with E-state index < -0.39 is 10.8 Å². The van der Waals surface area contributed by atoms with Gasteiger partial charge in [0, 0.05) is 23.6 Å². The summed E-state index contributed by atoms with van der Waals surface area (Å²) in [5.41, 5.74) is 2.48. The number of rotatable bonds is 8. The van der Waals surface area contributed by atoms with Gasteiger partial charge < -0.3 is 24.3 Å². The van der Waals surface area contributed by atoms with Crippen LogP contribution in [0.4, 0.5) is 0 Å². The van der Waals surface area contributed by atoms with E-state index in [1.807, 2.05) is 24.3 Å². The Kier molecular flexibility index (Phi) is 6.34. The van der Waals surface area contributed by atoms with Gasteiger partial charge in [-0.05, 0) is 43.3 Å². The summed E-state index contributed by atoms with van der Waals surface area (Å²) in [6.07, 6.45) is 2.73. The number of nitrogens with zero attached hydrogens (tertiary/aromatic N) is 2. The van der Waals surface area contributed by atoms with Gasteiger partial charge >= 0.3 is 0 Å². The van der Waals surface area contributed by atoms with Crippen LogP contribution < -0.4 is 9.47 Å². The molecule has 31 heavy (non-hydrogen) atoms. The molecule has 0 saturated carbocycles. The fourth-order valence-corrected chi connectivity index (χ4v) is 3.50. The van der Waals surface area contributed by atoms with Gasteiger partial charge in [0.25, 0.3) is 0 Å². The predicted molar refractivity (Wildman–Crippen MR) is 117 cm³/mol. The Labute approximate surface area is 182 Å². The SMILES string of the molecule is C[C@@H](CO)Oc1cc(Oc2ccc(S(C)=O)nc2)cc(-c2ccc(C3=NCCO3)[nH]2)c1. The molecular formula is C22H23N3O5S. The summed E-state index contributed by atoms with van der Waals surface area (Å²) in [4.78, 5) is 11.8. The second-order valence-corrected chi connectivity index (χ2v) is 8.34. The van der Waals surface area contributed by atoms with Crippen LogP contribution in [0.15, 0.2) is 58.7 Å². The zero-order valence-corrected chi connectivity index (χ0v) is 18.0. The molecule has 2 aromatic heterocycles. The highest BCUT2D eigenvalue weighted by molar-refractivity contribution is 7.84. The van der Waals surface area contributed by atoms with E-state index in [1.165, 1.54) is 6.20 Å². The Morgan fingerprint density at radius 1 is 1.16 bits per heavy atom. The van der Waals surface area contributed by atoms with Crippen LogP contribution in [-0.2, 0) is 15.5 Å². The van der Waals surface area contributed by atoms with Crippen LogP contribution in [0, 0.1) is 0 Å². The number of H-pyrrole nitrogens is 1. The summed E-state index contributed by atoms with van der Waals surface area (Å²) in [5.74, 6) is 2.20. The van der Waals surface area contributed by atoms with E-state index >= 15 is 0 Å². The van der Waals surface area contributed by atoms with E-state index in [9.17, 15) is 9.32 Å². The van der Waals surface area contributed by atoms with Crippen LogP contribution in [0.2, 0.25) is 0 Å². The lowest BCUT2D eigenvalue weighted by Gasteiger charge is -2.15. The summed E-state index contributed by atoms with van der Waals surface area (Å²) < 4.78 is 28.8. The number of nitrogens with one attached hydrogen (secondary N) is 1. The van der Waals surface area contributed by atoms with Gasteiger partial charge in [-0.1, -0.05) is 0 Å². The standard InChI is InChI=1S/C22H23N3O5S/c1-14(13-26)29-17-9-15(19-4-5-20(25-19)22-23-7-8-28-22)10-18(11-17)30-16-3-6-21(24-12-16)31(2)27/h3-6,9-12,14,25-26H,7-8,13H2,1-2H3/t14-,31?/m0/s1. The minimum absolute atomic E-state index is 0.107. The predicted octanol–water partition coefficient (Wildman–Crippen LogP) is 3.14. The van der Waals surface area contributed by atoms with Crippen molar-refractivity contribution in [3.63, 3.8) is 0 Å². The molecule has 4 rings (SSSR count). The lowest BCUT2D eigenvalue weighted by Crippen LogP contribution is -2.16. The summed E-state index contributed by atoms with van der Waals surface area (Å²) in [5, 5.41) is 9.84. The lowest BCUT2D eigenvalue weighted by atomic mass is 10.1. The van der Waals surface area contributed by atoms with Crippen LogP contribution in [0.5, 0.6) is 17.2 Å². The molecule has 0 bridgehead atoms. The molecule has 2 atom stereocenters. The molecule has 0 fully saturated rings. The van der Waals surface area contributed by atoms with Crippen molar-refractivity contribution >= 4 is 16.7 Å². The third kappa shape index (κ3) is 5.12. The summed E-state index contributed by atoms with van der Waals surface area (Å²) >= 11 is 0. The average molecular weight is 442 g/mol. The summed E-state index contributed by atoms with van der Waals surface area (Å²) in [6.45, 7) is 2.91. The first kappa shape index (κ1) is 21.1. The Hall–Kier alpha value is -3.17. The number of hydrogen-bond donors (Lipinski definition) is 2. The zero-order valence-electron chi connectivity index (χ0n) is 17.2. The van der Waals surface area contributed by atoms with Crippen LogP contribution in [0.1, 0.15) is 12.6 Å². The first-order valence-electron chi connectivity index (χ1n) is 9.79. The molecule has 162 valence electrons. The maximum absolute atomic E-state index is 11.5. The molecule has 1 aromatic carbocycles. The van der Waals surface area contributed by atoms with Crippen molar-refractivity contribution in [3.8, 4) is 28.5 Å². The number of benzene rings is 1. The molecular weight excluding hydrogens is 418 g/mol. The molecule has 1 aliphatic rings. The number of aliphatic hydroxyl groups is 1. The van der Waals surface area contributed by atoms with Gasteiger partial charge in [0.1, 0.15) is 40.7 Å². The molecule has 2 N–H and O–H groups in total.